The molecule has 2 aromatic rings. The molecule has 2 nitrogen and oxygen atoms in total. The smallest absolute Gasteiger partial charge is 0.348 e. The fraction of sp³-hybridized carbons (Fsp3) is 0.346. The van der Waals surface area contributed by atoms with E-state index in [1.165, 1.54) is 49.7 Å². The highest BCUT2D eigenvalue weighted by Gasteiger charge is 2.27. The van der Waals surface area contributed by atoms with E-state index < -0.39 is 0 Å². The van der Waals surface area contributed by atoms with Crippen molar-refractivity contribution in [2.75, 3.05) is 7.11 Å². The molecule has 3 heteroatoms. The van der Waals surface area contributed by atoms with E-state index in [9.17, 15) is 4.79 Å². The van der Waals surface area contributed by atoms with Crippen LogP contribution in [-0.2, 0) is 4.74 Å². The first kappa shape index (κ1) is 21.3. The third kappa shape index (κ3) is 4.79. The van der Waals surface area contributed by atoms with E-state index in [-0.39, 0.29) is 5.97 Å². The summed E-state index contributed by atoms with van der Waals surface area (Å²) in [6.07, 6.45) is 11.0. The zero-order valence-corrected chi connectivity index (χ0v) is 18.4. The Labute approximate surface area is 178 Å². The van der Waals surface area contributed by atoms with Gasteiger partial charge in [0.1, 0.15) is 4.88 Å². The average molecular weight is 407 g/mol. The average Bonchev–Trinajstić information content (AvgIpc) is 3.20. The quantitative estimate of drug-likeness (QED) is 0.366. The molecular weight excluding hydrogens is 376 g/mol. The van der Waals surface area contributed by atoms with Gasteiger partial charge in [-0.25, -0.2) is 4.79 Å². The minimum Gasteiger partial charge on any atom is -0.465 e. The number of benzene rings is 1. The van der Waals surface area contributed by atoms with Gasteiger partial charge in [0, 0.05) is 10.4 Å². The summed E-state index contributed by atoms with van der Waals surface area (Å²) >= 11 is 1.50. The van der Waals surface area contributed by atoms with Crippen molar-refractivity contribution in [1.29, 1.82) is 0 Å². The summed E-state index contributed by atoms with van der Waals surface area (Å²) < 4.78 is 5.13. The fourth-order valence-corrected chi connectivity index (χ4v) is 5.32. The SMILES string of the molecule is C=C/C=C(\C(=C/C)C1CCC(C)CC1)c1cc(-c2ccccc2)sc1C(=O)OC. The summed E-state index contributed by atoms with van der Waals surface area (Å²) in [6, 6.07) is 12.3. The highest BCUT2D eigenvalue weighted by Crippen LogP contribution is 2.43. The normalized spacial score (nSPS) is 20.4. The molecule has 0 bridgehead atoms. The maximum absolute atomic E-state index is 12.6. The number of esters is 1. The summed E-state index contributed by atoms with van der Waals surface area (Å²) in [6.45, 7) is 8.39. The summed E-state index contributed by atoms with van der Waals surface area (Å²) in [5, 5.41) is 0. The van der Waals surface area contributed by atoms with E-state index in [0.717, 1.165) is 27.5 Å². The molecule has 0 amide bonds. The summed E-state index contributed by atoms with van der Waals surface area (Å²) in [5.74, 6) is 1.04. The molecule has 1 fully saturated rings. The molecule has 1 aromatic carbocycles. The fourth-order valence-electron chi connectivity index (χ4n) is 4.22. The Kier molecular flexibility index (Phi) is 7.27. The van der Waals surface area contributed by atoms with Crippen molar-refractivity contribution in [2.45, 2.75) is 39.5 Å². The van der Waals surface area contributed by atoms with Gasteiger partial charge in [0.25, 0.3) is 0 Å². The number of carbonyl (C=O) groups is 1. The van der Waals surface area contributed by atoms with Crippen LogP contribution in [0.3, 0.4) is 0 Å². The molecule has 0 aliphatic heterocycles. The Morgan fingerprint density at radius 3 is 2.45 bits per heavy atom. The molecule has 1 aliphatic carbocycles. The van der Waals surface area contributed by atoms with Gasteiger partial charge in [-0.2, -0.15) is 0 Å². The van der Waals surface area contributed by atoms with Crippen molar-refractivity contribution < 1.29 is 9.53 Å². The third-order valence-corrected chi connectivity index (χ3v) is 6.98. The molecule has 0 radical (unpaired) electrons. The van der Waals surface area contributed by atoms with Gasteiger partial charge in [0.2, 0.25) is 0 Å². The lowest BCUT2D eigenvalue weighted by atomic mass is 9.76. The number of carbonyl (C=O) groups excluding carboxylic acids is 1. The summed E-state index contributed by atoms with van der Waals surface area (Å²) in [4.78, 5) is 14.4. The van der Waals surface area contributed by atoms with E-state index in [1.807, 2.05) is 24.3 Å². The summed E-state index contributed by atoms with van der Waals surface area (Å²) in [5.41, 5.74) is 4.48. The van der Waals surface area contributed by atoms with Crippen LogP contribution in [0.25, 0.3) is 16.0 Å². The van der Waals surface area contributed by atoms with Crippen molar-refractivity contribution in [3.63, 3.8) is 0 Å². The van der Waals surface area contributed by atoms with E-state index >= 15 is 0 Å². The minimum atomic E-state index is -0.283. The lowest BCUT2D eigenvalue weighted by Crippen LogP contribution is -2.15. The first-order valence-corrected chi connectivity index (χ1v) is 11.2. The molecule has 0 atom stereocenters. The van der Waals surface area contributed by atoms with Crippen LogP contribution in [-0.4, -0.2) is 13.1 Å². The van der Waals surface area contributed by atoms with Crippen LogP contribution in [0.1, 0.15) is 54.8 Å². The molecule has 152 valence electrons. The van der Waals surface area contributed by atoms with Gasteiger partial charge in [-0.05, 0) is 54.4 Å². The van der Waals surface area contributed by atoms with Gasteiger partial charge in [-0.15, -0.1) is 11.3 Å². The zero-order chi connectivity index (χ0) is 20.8. The standard InChI is InChI=1S/C26H30O2S/c1-5-10-22(21(6-2)19-15-13-18(3)14-16-19)23-17-24(20-11-8-7-9-12-20)29-25(23)26(27)28-4/h5-12,17-19H,1,13-16H2,2-4H3/b21-6-,22-10+. The van der Waals surface area contributed by atoms with E-state index in [4.69, 9.17) is 4.74 Å². The van der Waals surface area contributed by atoms with Crippen LogP contribution < -0.4 is 0 Å². The molecule has 0 N–H and O–H groups in total. The Bertz CT molecular complexity index is 909. The maximum Gasteiger partial charge on any atom is 0.348 e. The third-order valence-electron chi connectivity index (χ3n) is 5.81. The molecule has 29 heavy (non-hydrogen) atoms. The van der Waals surface area contributed by atoms with Gasteiger partial charge in [-0.3, -0.25) is 0 Å². The van der Waals surface area contributed by atoms with Crippen LogP contribution in [0.5, 0.6) is 0 Å². The molecule has 1 saturated carbocycles. The van der Waals surface area contributed by atoms with Gasteiger partial charge in [0.05, 0.1) is 7.11 Å². The van der Waals surface area contributed by atoms with Crippen LogP contribution in [0.4, 0.5) is 0 Å². The van der Waals surface area contributed by atoms with Crippen LogP contribution in [0.15, 0.2) is 66.8 Å². The largest absolute Gasteiger partial charge is 0.465 e. The van der Waals surface area contributed by atoms with E-state index in [2.05, 4.69) is 50.8 Å². The molecule has 0 spiro atoms. The second kappa shape index (κ2) is 9.89. The van der Waals surface area contributed by atoms with Crippen molar-refractivity contribution in [3.8, 4) is 10.4 Å². The zero-order valence-electron chi connectivity index (χ0n) is 17.6. The van der Waals surface area contributed by atoms with E-state index in [1.54, 1.807) is 0 Å². The van der Waals surface area contributed by atoms with Crippen molar-refractivity contribution in [2.24, 2.45) is 11.8 Å². The Morgan fingerprint density at radius 2 is 1.86 bits per heavy atom. The van der Waals surface area contributed by atoms with Gasteiger partial charge in [-0.1, -0.05) is 74.9 Å². The van der Waals surface area contributed by atoms with Crippen molar-refractivity contribution in [1.82, 2.24) is 0 Å². The molecule has 0 saturated heterocycles. The number of hydrogen-bond donors (Lipinski definition) is 0. The Balaban J connectivity index is 2.08. The Morgan fingerprint density at radius 1 is 1.17 bits per heavy atom. The van der Waals surface area contributed by atoms with Crippen molar-refractivity contribution in [3.05, 3.63) is 77.2 Å². The number of hydrogen-bond acceptors (Lipinski definition) is 3. The van der Waals surface area contributed by atoms with Crippen LogP contribution in [0, 0.1) is 11.8 Å². The summed E-state index contributed by atoms with van der Waals surface area (Å²) in [7, 11) is 1.45. The van der Waals surface area contributed by atoms with E-state index in [0.29, 0.717) is 10.8 Å². The van der Waals surface area contributed by atoms with Gasteiger partial charge < -0.3 is 4.74 Å². The number of rotatable bonds is 6. The maximum atomic E-state index is 12.6. The monoisotopic (exact) mass is 406 g/mol. The highest BCUT2D eigenvalue weighted by molar-refractivity contribution is 7.17. The molecule has 1 aliphatic rings. The van der Waals surface area contributed by atoms with Crippen LogP contribution in [0.2, 0.25) is 0 Å². The number of allylic oxidation sites excluding steroid dienone is 5. The number of methoxy groups -OCH3 is 1. The Hall–Kier alpha value is -2.39. The first-order valence-electron chi connectivity index (χ1n) is 10.4. The second-order valence-electron chi connectivity index (χ2n) is 7.73. The van der Waals surface area contributed by atoms with Gasteiger partial charge in [0.15, 0.2) is 0 Å². The predicted molar refractivity (Wildman–Crippen MR) is 124 cm³/mol. The molecule has 3 rings (SSSR count). The molecular formula is C26H30O2S. The van der Waals surface area contributed by atoms with Gasteiger partial charge >= 0.3 is 5.97 Å². The minimum absolute atomic E-state index is 0.283. The number of thiophene rings is 1. The van der Waals surface area contributed by atoms with Crippen LogP contribution >= 0.6 is 11.3 Å². The second-order valence-corrected chi connectivity index (χ2v) is 8.78. The topological polar surface area (TPSA) is 26.3 Å². The number of ether oxygens (including phenoxy) is 1. The molecule has 1 aromatic heterocycles. The van der Waals surface area contributed by atoms with Crippen molar-refractivity contribution >= 4 is 22.9 Å². The lowest BCUT2D eigenvalue weighted by Gasteiger charge is -2.29. The first-order chi connectivity index (χ1) is 14.1. The molecule has 1 heterocycles. The predicted octanol–water partition coefficient (Wildman–Crippen LogP) is 7.54. The lowest BCUT2D eigenvalue weighted by molar-refractivity contribution is 0.0606. The highest BCUT2D eigenvalue weighted by atomic mass is 32.1. The molecule has 0 unspecified atom stereocenters.